The molecule has 1 heterocycles. The highest BCUT2D eigenvalue weighted by atomic mass is 32.2. The first-order chi connectivity index (χ1) is 2.89. The van der Waals surface area contributed by atoms with Gasteiger partial charge < -0.3 is 0 Å². The van der Waals surface area contributed by atoms with Crippen molar-refractivity contribution in [1.82, 2.24) is 0 Å². The van der Waals surface area contributed by atoms with Crippen LogP contribution >= 0.6 is 0 Å². The Morgan fingerprint density at radius 2 is 2.50 bits per heavy atom. The van der Waals surface area contributed by atoms with Crippen molar-refractivity contribution >= 4 is 11.1 Å². The van der Waals surface area contributed by atoms with Crippen LogP contribution in [0.2, 0.25) is 0 Å². The maximum absolute atomic E-state index is 10.1. The lowest BCUT2D eigenvalue weighted by Crippen LogP contribution is -1.83. The summed E-state index contributed by atoms with van der Waals surface area (Å²) in [6.07, 6.45) is 0.965. The quantitative estimate of drug-likeness (QED) is 0.437. The lowest BCUT2D eigenvalue weighted by atomic mass is 10.5. The van der Waals surface area contributed by atoms with Crippen molar-refractivity contribution in [3.63, 3.8) is 0 Å². The van der Waals surface area contributed by atoms with Crippen molar-refractivity contribution in [2.45, 2.75) is 6.42 Å². The molecule has 36 valence electrons. The van der Waals surface area contributed by atoms with Crippen LogP contribution in [-0.2, 0) is 15.3 Å². The summed E-state index contributed by atoms with van der Waals surface area (Å²) in [6.45, 7) is 0.687. The lowest BCUT2D eigenvalue weighted by molar-refractivity contribution is 0.382. The number of rotatable bonds is 0. The van der Waals surface area contributed by atoms with Gasteiger partial charge >= 0.3 is 0 Å². The van der Waals surface area contributed by atoms with Crippen LogP contribution in [0.5, 0.6) is 0 Å². The molecule has 0 unspecified atom stereocenters. The zero-order chi connectivity index (χ0) is 4.41. The van der Waals surface area contributed by atoms with Crippen LogP contribution in [0, 0.1) is 0 Å². The summed E-state index contributed by atoms with van der Waals surface area (Å²) < 4.78 is 14.8. The van der Waals surface area contributed by atoms with Gasteiger partial charge in [0, 0.05) is 0 Å². The smallest absolute Gasteiger partial charge is 0.155 e. The van der Waals surface area contributed by atoms with Crippen molar-refractivity contribution in [2.75, 3.05) is 12.4 Å². The third kappa shape index (κ3) is 0.786. The molecule has 0 amide bonds. The van der Waals surface area contributed by atoms with Crippen LogP contribution in [-0.4, -0.2) is 16.6 Å². The Bertz CT molecular complexity index is 63.2. The predicted octanol–water partition coefficient (Wildman–Crippen LogP) is 0.0704. The van der Waals surface area contributed by atoms with Crippen LogP contribution in [0.1, 0.15) is 6.42 Å². The van der Waals surface area contributed by atoms with E-state index in [-0.39, 0.29) is 0 Å². The summed E-state index contributed by atoms with van der Waals surface area (Å²) in [5, 5.41) is 0. The fraction of sp³-hybridized carbons (Fsp3) is 1.00. The normalized spacial score (nSPS) is 34.3. The minimum Gasteiger partial charge on any atom is -0.291 e. The lowest BCUT2D eigenvalue weighted by Gasteiger charge is -1.78. The maximum Gasteiger partial charge on any atom is 0.155 e. The molecule has 0 saturated carbocycles. The van der Waals surface area contributed by atoms with E-state index in [1.165, 1.54) is 0 Å². The molecule has 0 N–H and O–H groups in total. The summed E-state index contributed by atoms with van der Waals surface area (Å²) >= 11 is -0.923. The van der Waals surface area contributed by atoms with E-state index >= 15 is 0 Å². The van der Waals surface area contributed by atoms with E-state index in [2.05, 4.69) is 4.18 Å². The second kappa shape index (κ2) is 1.71. The van der Waals surface area contributed by atoms with Gasteiger partial charge in [-0.1, -0.05) is 0 Å². The van der Waals surface area contributed by atoms with Gasteiger partial charge in [0.1, 0.15) is 0 Å². The molecule has 0 aromatic rings. The highest BCUT2D eigenvalue weighted by molar-refractivity contribution is 7.80. The molecule has 1 saturated heterocycles. The minimum absolute atomic E-state index is 0.687. The van der Waals surface area contributed by atoms with Gasteiger partial charge in [-0.3, -0.25) is 4.18 Å². The van der Waals surface area contributed by atoms with Gasteiger partial charge in [0.25, 0.3) is 0 Å². The molecule has 0 aromatic heterocycles. The molecule has 1 fully saturated rings. The molecular formula is C3H6O2S. The minimum atomic E-state index is -0.923. The Kier molecular flexibility index (Phi) is 1.22. The highest BCUT2D eigenvalue weighted by Gasteiger charge is 2.06. The van der Waals surface area contributed by atoms with E-state index in [9.17, 15) is 4.21 Å². The third-order valence-electron chi connectivity index (χ3n) is 0.670. The second-order valence-corrected chi connectivity index (χ2v) is 2.43. The third-order valence-corrected chi connectivity index (χ3v) is 1.72. The number of hydrogen-bond acceptors (Lipinski definition) is 2. The SMILES string of the molecule is O=[S@@]1CCCO1. The maximum atomic E-state index is 10.1. The first-order valence-corrected chi connectivity index (χ1v) is 3.15. The van der Waals surface area contributed by atoms with Crippen molar-refractivity contribution in [3.05, 3.63) is 0 Å². The Hall–Kier alpha value is 0.110. The van der Waals surface area contributed by atoms with E-state index in [4.69, 9.17) is 0 Å². The molecule has 0 aromatic carbocycles. The highest BCUT2D eigenvalue weighted by Crippen LogP contribution is 1.99. The number of hydrogen-bond donors (Lipinski definition) is 0. The van der Waals surface area contributed by atoms with Crippen LogP contribution in [0.4, 0.5) is 0 Å². The Morgan fingerprint density at radius 3 is 2.67 bits per heavy atom. The van der Waals surface area contributed by atoms with Crippen molar-refractivity contribution in [1.29, 1.82) is 0 Å². The summed E-state index contributed by atoms with van der Waals surface area (Å²) in [5.74, 6) is 0.736. The van der Waals surface area contributed by atoms with Crippen molar-refractivity contribution in [2.24, 2.45) is 0 Å². The zero-order valence-electron chi connectivity index (χ0n) is 3.35. The van der Waals surface area contributed by atoms with Gasteiger partial charge in [0.2, 0.25) is 0 Å². The molecule has 2 nitrogen and oxygen atoms in total. The largest absolute Gasteiger partial charge is 0.291 e. The summed E-state index contributed by atoms with van der Waals surface area (Å²) in [7, 11) is 0. The second-order valence-electron chi connectivity index (χ2n) is 1.18. The van der Waals surface area contributed by atoms with Gasteiger partial charge in [-0.25, -0.2) is 4.21 Å². The predicted molar refractivity (Wildman–Crippen MR) is 23.6 cm³/mol. The monoisotopic (exact) mass is 106 g/mol. The van der Waals surface area contributed by atoms with Crippen molar-refractivity contribution in [3.8, 4) is 0 Å². The molecule has 0 radical (unpaired) electrons. The average Bonchev–Trinajstić information content (AvgIpc) is 1.86. The average molecular weight is 106 g/mol. The van der Waals surface area contributed by atoms with Gasteiger partial charge in [-0.15, -0.1) is 0 Å². The first kappa shape index (κ1) is 4.27. The molecule has 1 rings (SSSR count). The molecule has 6 heavy (non-hydrogen) atoms. The summed E-state index contributed by atoms with van der Waals surface area (Å²) in [6, 6.07) is 0. The topological polar surface area (TPSA) is 26.3 Å². The Morgan fingerprint density at radius 1 is 1.67 bits per heavy atom. The Balaban J connectivity index is 2.37. The standard InChI is InChI=1S/C3H6O2S/c4-6-3-1-2-5-6/h1-3H2/t6-/m0/s1. The van der Waals surface area contributed by atoms with Crippen LogP contribution in [0.3, 0.4) is 0 Å². The van der Waals surface area contributed by atoms with Crippen LogP contribution in [0.25, 0.3) is 0 Å². The molecule has 3 heteroatoms. The molecular weight excluding hydrogens is 100 g/mol. The van der Waals surface area contributed by atoms with Crippen LogP contribution < -0.4 is 0 Å². The van der Waals surface area contributed by atoms with E-state index in [1.54, 1.807) is 0 Å². The van der Waals surface area contributed by atoms with Gasteiger partial charge in [0.05, 0.1) is 12.4 Å². The fourth-order valence-corrected chi connectivity index (χ4v) is 1.16. The van der Waals surface area contributed by atoms with E-state index in [0.717, 1.165) is 12.2 Å². The van der Waals surface area contributed by atoms with Gasteiger partial charge in [-0.05, 0) is 6.42 Å². The zero-order valence-corrected chi connectivity index (χ0v) is 4.16. The van der Waals surface area contributed by atoms with E-state index < -0.39 is 11.1 Å². The van der Waals surface area contributed by atoms with Gasteiger partial charge in [0.15, 0.2) is 11.1 Å². The summed E-state index contributed by atoms with van der Waals surface area (Å²) in [4.78, 5) is 0. The molecule has 1 aliphatic heterocycles. The summed E-state index contributed by atoms with van der Waals surface area (Å²) in [5.41, 5.74) is 0. The fourth-order valence-electron chi connectivity index (χ4n) is 0.388. The molecule has 0 spiro atoms. The van der Waals surface area contributed by atoms with Crippen LogP contribution in [0.15, 0.2) is 0 Å². The molecule has 1 aliphatic rings. The Labute approximate surface area is 39.2 Å². The molecule has 0 aliphatic carbocycles. The van der Waals surface area contributed by atoms with Gasteiger partial charge in [-0.2, -0.15) is 0 Å². The van der Waals surface area contributed by atoms with E-state index in [0.29, 0.717) is 6.61 Å². The molecule has 1 atom stereocenters. The first-order valence-electron chi connectivity index (χ1n) is 1.91. The molecule has 0 bridgehead atoms. The van der Waals surface area contributed by atoms with E-state index in [1.807, 2.05) is 0 Å². The van der Waals surface area contributed by atoms with Crippen molar-refractivity contribution < 1.29 is 8.39 Å².